The van der Waals surface area contributed by atoms with E-state index in [1.165, 1.54) is 38.2 Å². The molecule has 0 amide bonds. The fourth-order valence-electron chi connectivity index (χ4n) is 2.48. The van der Waals surface area contributed by atoms with Crippen molar-refractivity contribution in [2.24, 2.45) is 5.92 Å². The maximum Gasteiger partial charge on any atom is 0.169 e. The molecule has 0 saturated heterocycles. The molecule has 1 aromatic rings. The van der Waals surface area contributed by atoms with Gasteiger partial charge < -0.3 is 16.8 Å². The minimum absolute atomic E-state index is 0.0599. The van der Waals surface area contributed by atoms with Crippen LogP contribution in [0.25, 0.3) is 0 Å². The van der Waals surface area contributed by atoms with Crippen molar-refractivity contribution in [1.82, 2.24) is 0 Å². The molecule has 0 unspecified atom stereocenters. The number of hydrogen-bond acceptors (Lipinski definition) is 3. The molecule has 18 heavy (non-hydrogen) atoms. The molecule has 0 aromatic heterocycles. The summed E-state index contributed by atoms with van der Waals surface area (Å²) in [4.78, 5) is 0. The van der Waals surface area contributed by atoms with Gasteiger partial charge in [0.05, 0.1) is 17.1 Å². The van der Waals surface area contributed by atoms with Crippen molar-refractivity contribution < 1.29 is 4.39 Å². The SMILES string of the molecule is Nc1cc(N)c(NCC2CCCCC2)c(F)c1Cl. The number of rotatable bonds is 3. The second-order valence-electron chi connectivity index (χ2n) is 4.94. The van der Waals surface area contributed by atoms with Crippen LogP contribution in [-0.2, 0) is 0 Å². The zero-order valence-electron chi connectivity index (χ0n) is 10.3. The quantitative estimate of drug-likeness (QED) is 0.736. The first-order chi connectivity index (χ1) is 8.59. The summed E-state index contributed by atoms with van der Waals surface area (Å²) in [5.74, 6) is 0.0406. The van der Waals surface area contributed by atoms with Gasteiger partial charge in [-0.3, -0.25) is 0 Å². The van der Waals surface area contributed by atoms with E-state index in [1.807, 2.05) is 0 Å². The van der Waals surface area contributed by atoms with Gasteiger partial charge in [0.15, 0.2) is 5.82 Å². The largest absolute Gasteiger partial charge is 0.397 e. The highest BCUT2D eigenvalue weighted by atomic mass is 35.5. The molecule has 0 atom stereocenters. The smallest absolute Gasteiger partial charge is 0.169 e. The van der Waals surface area contributed by atoms with Crippen LogP contribution in [0.2, 0.25) is 5.02 Å². The first-order valence-corrected chi connectivity index (χ1v) is 6.74. The van der Waals surface area contributed by atoms with Crippen molar-refractivity contribution in [1.29, 1.82) is 0 Å². The molecule has 1 aromatic carbocycles. The molecule has 0 radical (unpaired) electrons. The molecular formula is C13H19ClFN3. The molecule has 0 aliphatic heterocycles. The number of nitrogens with two attached hydrogens (primary N) is 2. The fourth-order valence-corrected chi connectivity index (χ4v) is 2.63. The monoisotopic (exact) mass is 271 g/mol. The summed E-state index contributed by atoms with van der Waals surface area (Å²) < 4.78 is 13.9. The Morgan fingerprint density at radius 1 is 1.22 bits per heavy atom. The molecule has 1 aliphatic rings. The lowest BCUT2D eigenvalue weighted by Gasteiger charge is -2.23. The normalized spacial score (nSPS) is 16.8. The van der Waals surface area contributed by atoms with Crippen LogP contribution >= 0.6 is 11.6 Å². The van der Waals surface area contributed by atoms with E-state index in [2.05, 4.69) is 5.32 Å². The average Bonchev–Trinajstić information content (AvgIpc) is 2.37. The van der Waals surface area contributed by atoms with E-state index in [-0.39, 0.29) is 16.4 Å². The third-order valence-corrected chi connectivity index (χ3v) is 3.94. The minimum atomic E-state index is -0.551. The lowest BCUT2D eigenvalue weighted by Crippen LogP contribution is -2.18. The number of benzene rings is 1. The Morgan fingerprint density at radius 3 is 2.56 bits per heavy atom. The average molecular weight is 272 g/mol. The van der Waals surface area contributed by atoms with Gasteiger partial charge in [-0.15, -0.1) is 0 Å². The van der Waals surface area contributed by atoms with Crippen LogP contribution < -0.4 is 16.8 Å². The summed E-state index contributed by atoms with van der Waals surface area (Å²) in [6.45, 7) is 0.737. The summed E-state index contributed by atoms with van der Waals surface area (Å²) in [5, 5.41) is 3.02. The molecule has 0 bridgehead atoms. The van der Waals surface area contributed by atoms with Crippen molar-refractivity contribution in [3.8, 4) is 0 Å². The van der Waals surface area contributed by atoms with Gasteiger partial charge in [0.1, 0.15) is 5.02 Å². The van der Waals surface area contributed by atoms with Crippen LogP contribution in [-0.4, -0.2) is 6.54 Å². The van der Waals surface area contributed by atoms with Gasteiger partial charge in [0.2, 0.25) is 0 Å². The van der Waals surface area contributed by atoms with Crippen LogP contribution in [0.1, 0.15) is 32.1 Å². The standard InChI is InChI=1S/C13H19ClFN3/c14-11-9(16)6-10(17)13(12(11)15)18-7-8-4-2-1-3-5-8/h6,8,18H,1-5,7,16-17H2. The topological polar surface area (TPSA) is 64.1 Å². The third kappa shape index (κ3) is 2.80. The number of halogens is 2. The van der Waals surface area contributed by atoms with Gasteiger partial charge >= 0.3 is 0 Å². The number of anilines is 3. The second-order valence-corrected chi connectivity index (χ2v) is 5.32. The Hall–Kier alpha value is -1.16. The van der Waals surface area contributed by atoms with Crippen LogP contribution in [0.4, 0.5) is 21.5 Å². The van der Waals surface area contributed by atoms with Crippen molar-refractivity contribution >= 4 is 28.7 Å². The maximum absolute atomic E-state index is 13.9. The van der Waals surface area contributed by atoms with Crippen molar-refractivity contribution in [3.05, 3.63) is 16.9 Å². The van der Waals surface area contributed by atoms with E-state index in [0.29, 0.717) is 11.6 Å². The minimum Gasteiger partial charge on any atom is -0.397 e. The molecule has 1 saturated carbocycles. The molecule has 3 nitrogen and oxygen atoms in total. The first kappa shape index (κ1) is 13.3. The van der Waals surface area contributed by atoms with Gasteiger partial charge in [-0.1, -0.05) is 30.9 Å². The van der Waals surface area contributed by atoms with Gasteiger partial charge in [-0.05, 0) is 24.8 Å². The van der Waals surface area contributed by atoms with E-state index in [0.717, 1.165) is 6.54 Å². The van der Waals surface area contributed by atoms with Gasteiger partial charge in [0.25, 0.3) is 0 Å². The lowest BCUT2D eigenvalue weighted by molar-refractivity contribution is 0.373. The highest BCUT2D eigenvalue weighted by Gasteiger charge is 2.17. The van der Waals surface area contributed by atoms with E-state index in [1.54, 1.807) is 0 Å². The van der Waals surface area contributed by atoms with Crippen LogP contribution in [0.3, 0.4) is 0 Å². The molecule has 2 rings (SSSR count). The van der Waals surface area contributed by atoms with Gasteiger partial charge in [-0.2, -0.15) is 0 Å². The summed E-state index contributed by atoms with van der Waals surface area (Å²) in [6, 6.07) is 1.49. The van der Waals surface area contributed by atoms with Crippen molar-refractivity contribution in [3.63, 3.8) is 0 Å². The Balaban J connectivity index is 2.06. The van der Waals surface area contributed by atoms with Crippen LogP contribution in [0, 0.1) is 11.7 Å². The Labute approximate surface area is 112 Å². The molecule has 100 valence electrons. The molecule has 5 heteroatoms. The summed E-state index contributed by atoms with van der Waals surface area (Å²) >= 11 is 5.78. The summed E-state index contributed by atoms with van der Waals surface area (Å²) in [7, 11) is 0. The summed E-state index contributed by atoms with van der Waals surface area (Å²) in [5.41, 5.74) is 12.1. The number of hydrogen-bond donors (Lipinski definition) is 3. The fraction of sp³-hybridized carbons (Fsp3) is 0.538. The van der Waals surface area contributed by atoms with E-state index >= 15 is 0 Å². The van der Waals surface area contributed by atoms with Crippen molar-refractivity contribution in [2.45, 2.75) is 32.1 Å². The van der Waals surface area contributed by atoms with E-state index < -0.39 is 5.82 Å². The maximum atomic E-state index is 13.9. The predicted octanol–water partition coefficient (Wildman–Crippen LogP) is 3.64. The zero-order chi connectivity index (χ0) is 13.1. The Morgan fingerprint density at radius 2 is 1.89 bits per heavy atom. The second kappa shape index (κ2) is 5.65. The highest BCUT2D eigenvalue weighted by molar-refractivity contribution is 6.33. The highest BCUT2D eigenvalue weighted by Crippen LogP contribution is 2.34. The Bertz CT molecular complexity index is 431. The molecule has 0 heterocycles. The van der Waals surface area contributed by atoms with E-state index in [9.17, 15) is 4.39 Å². The number of nitrogen functional groups attached to an aromatic ring is 2. The molecule has 1 aliphatic carbocycles. The van der Waals surface area contributed by atoms with E-state index in [4.69, 9.17) is 23.1 Å². The first-order valence-electron chi connectivity index (χ1n) is 6.36. The third-order valence-electron chi connectivity index (χ3n) is 3.56. The lowest BCUT2D eigenvalue weighted by atomic mass is 9.89. The number of nitrogens with one attached hydrogen (secondary N) is 1. The zero-order valence-corrected chi connectivity index (χ0v) is 11.1. The van der Waals surface area contributed by atoms with Gasteiger partial charge in [-0.25, -0.2) is 4.39 Å². The van der Waals surface area contributed by atoms with Gasteiger partial charge in [0, 0.05) is 6.54 Å². The van der Waals surface area contributed by atoms with Crippen LogP contribution in [0.5, 0.6) is 0 Å². The predicted molar refractivity (Wildman–Crippen MR) is 75.3 cm³/mol. The molecular weight excluding hydrogens is 253 g/mol. The van der Waals surface area contributed by atoms with Crippen molar-refractivity contribution in [2.75, 3.05) is 23.3 Å². The Kier molecular flexibility index (Phi) is 4.17. The summed E-state index contributed by atoms with van der Waals surface area (Å²) in [6.07, 6.45) is 6.20. The molecule has 5 N–H and O–H groups in total. The van der Waals surface area contributed by atoms with Crippen LogP contribution in [0.15, 0.2) is 6.07 Å². The molecule has 0 spiro atoms. The molecule has 1 fully saturated rings.